The highest BCUT2D eigenvalue weighted by Crippen LogP contribution is 2.29. The molecule has 1 saturated carbocycles. The second-order valence-corrected chi connectivity index (χ2v) is 5.61. The molecule has 0 saturated heterocycles. The fraction of sp³-hybridized carbons (Fsp3) is 0.625. The van der Waals surface area contributed by atoms with E-state index in [1.54, 1.807) is 0 Å². The molecule has 0 radical (unpaired) electrons. The summed E-state index contributed by atoms with van der Waals surface area (Å²) in [7, 11) is 0. The van der Waals surface area contributed by atoms with E-state index in [-0.39, 0.29) is 0 Å². The third kappa shape index (κ3) is 3.85. The molecule has 0 aliphatic heterocycles. The molecule has 0 amide bonds. The molecule has 1 heteroatoms. The Bertz CT molecular complexity index is 339. The first-order valence-electron chi connectivity index (χ1n) is 7.06. The zero-order valence-corrected chi connectivity index (χ0v) is 11.0. The van der Waals surface area contributed by atoms with Gasteiger partial charge in [-0.15, -0.1) is 0 Å². The molecule has 1 atom stereocenters. The fourth-order valence-corrected chi connectivity index (χ4v) is 3.02. The summed E-state index contributed by atoms with van der Waals surface area (Å²) in [5.74, 6) is 0.918. The van der Waals surface area contributed by atoms with Crippen molar-refractivity contribution in [3.63, 3.8) is 0 Å². The molecule has 17 heavy (non-hydrogen) atoms. The molecule has 0 aromatic heterocycles. The van der Waals surface area contributed by atoms with E-state index in [0.717, 1.165) is 18.8 Å². The van der Waals surface area contributed by atoms with Crippen LogP contribution in [-0.2, 0) is 6.42 Å². The van der Waals surface area contributed by atoms with E-state index in [9.17, 15) is 0 Å². The van der Waals surface area contributed by atoms with E-state index in [1.807, 2.05) is 0 Å². The molecule has 1 aliphatic rings. The lowest BCUT2D eigenvalue weighted by Crippen LogP contribution is -2.23. The van der Waals surface area contributed by atoms with E-state index in [1.165, 1.54) is 43.2 Å². The van der Waals surface area contributed by atoms with E-state index >= 15 is 0 Å². The van der Waals surface area contributed by atoms with Crippen LogP contribution in [0, 0.1) is 12.8 Å². The van der Waals surface area contributed by atoms with Crippen LogP contribution >= 0.6 is 0 Å². The first kappa shape index (κ1) is 12.6. The van der Waals surface area contributed by atoms with Crippen LogP contribution in [0.15, 0.2) is 24.3 Å². The van der Waals surface area contributed by atoms with Gasteiger partial charge in [-0.2, -0.15) is 0 Å². The zero-order chi connectivity index (χ0) is 12.1. The summed E-state index contributed by atoms with van der Waals surface area (Å²) in [6.45, 7) is 2.19. The van der Waals surface area contributed by atoms with Crippen molar-refractivity contribution in [1.82, 2.24) is 0 Å². The Hall–Kier alpha value is -0.820. The lowest BCUT2D eigenvalue weighted by Gasteiger charge is -2.16. The second kappa shape index (κ2) is 6.20. The predicted octanol–water partition coefficient (Wildman–Crippen LogP) is 3.84. The Balaban J connectivity index is 1.75. The van der Waals surface area contributed by atoms with E-state index in [2.05, 4.69) is 31.2 Å². The van der Waals surface area contributed by atoms with Crippen LogP contribution in [0.1, 0.15) is 49.7 Å². The maximum atomic E-state index is 6.25. The van der Waals surface area contributed by atoms with Crippen LogP contribution in [0.2, 0.25) is 0 Å². The van der Waals surface area contributed by atoms with Gasteiger partial charge in [-0.3, -0.25) is 0 Å². The summed E-state index contributed by atoms with van der Waals surface area (Å²) in [6, 6.07) is 9.06. The molecule has 1 fully saturated rings. The van der Waals surface area contributed by atoms with E-state index in [0.29, 0.717) is 6.04 Å². The largest absolute Gasteiger partial charge is 0.328 e. The Morgan fingerprint density at radius 1 is 1.24 bits per heavy atom. The number of rotatable bonds is 5. The van der Waals surface area contributed by atoms with Crippen molar-refractivity contribution in [2.75, 3.05) is 0 Å². The zero-order valence-electron chi connectivity index (χ0n) is 11.0. The highest BCUT2D eigenvalue weighted by Gasteiger charge is 2.17. The van der Waals surface area contributed by atoms with Crippen molar-refractivity contribution < 1.29 is 0 Å². The Morgan fingerprint density at radius 3 is 2.65 bits per heavy atom. The molecule has 1 aromatic rings. The molecule has 0 bridgehead atoms. The van der Waals surface area contributed by atoms with Gasteiger partial charge in [0.15, 0.2) is 0 Å². The van der Waals surface area contributed by atoms with Gasteiger partial charge >= 0.3 is 0 Å². The SMILES string of the molecule is Cc1ccccc1CCC(N)CC1CCCC1. The van der Waals surface area contributed by atoms with Gasteiger partial charge in [-0.1, -0.05) is 49.9 Å². The van der Waals surface area contributed by atoms with Crippen molar-refractivity contribution in [1.29, 1.82) is 0 Å². The summed E-state index contributed by atoms with van der Waals surface area (Å²) in [5, 5.41) is 0. The van der Waals surface area contributed by atoms with Gasteiger partial charge in [0.25, 0.3) is 0 Å². The van der Waals surface area contributed by atoms with Gasteiger partial charge in [0.05, 0.1) is 0 Å². The van der Waals surface area contributed by atoms with Crippen LogP contribution < -0.4 is 5.73 Å². The highest BCUT2D eigenvalue weighted by molar-refractivity contribution is 5.25. The first-order chi connectivity index (χ1) is 8.25. The third-order valence-electron chi connectivity index (χ3n) is 4.16. The molecular weight excluding hydrogens is 206 g/mol. The molecule has 2 rings (SSSR count). The summed E-state index contributed by atoms with van der Waals surface area (Å²) in [6.07, 6.45) is 9.20. The van der Waals surface area contributed by atoms with Crippen molar-refractivity contribution in [2.24, 2.45) is 11.7 Å². The average Bonchev–Trinajstić information content (AvgIpc) is 2.81. The molecule has 0 spiro atoms. The molecule has 94 valence electrons. The molecule has 1 aliphatic carbocycles. The minimum atomic E-state index is 0.401. The first-order valence-corrected chi connectivity index (χ1v) is 7.06. The van der Waals surface area contributed by atoms with Crippen molar-refractivity contribution in [2.45, 2.75) is 57.9 Å². The maximum absolute atomic E-state index is 6.25. The van der Waals surface area contributed by atoms with Gasteiger partial charge < -0.3 is 5.73 Å². The quantitative estimate of drug-likeness (QED) is 0.818. The smallest absolute Gasteiger partial charge is 0.00446 e. The summed E-state index contributed by atoms with van der Waals surface area (Å²) >= 11 is 0. The fourth-order valence-electron chi connectivity index (χ4n) is 3.02. The van der Waals surface area contributed by atoms with Crippen LogP contribution in [0.5, 0.6) is 0 Å². The molecule has 0 heterocycles. The maximum Gasteiger partial charge on any atom is 0.00446 e. The van der Waals surface area contributed by atoms with Crippen molar-refractivity contribution in [3.8, 4) is 0 Å². The molecule has 1 unspecified atom stereocenters. The minimum Gasteiger partial charge on any atom is -0.328 e. The van der Waals surface area contributed by atoms with Gasteiger partial charge in [0.1, 0.15) is 0 Å². The lowest BCUT2D eigenvalue weighted by molar-refractivity contribution is 0.427. The number of hydrogen-bond donors (Lipinski definition) is 1. The normalized spacial score (nSPS) is 18.5. The number of nitrogens with two attached hydrogens (primary N) is 1. The van der Waals surface area contributed by atoms with E-state index in [4.69, 9.17) is 5.73 Å². The molecular formula is C16H25N. The highest BCUT2D eigenvalue weighted by atomic mass is 14.6. The Labute approximate surface area is 105 Å². The number of benzene rings is 1. The minimum absolute atomic E-state index is 0.401. The Kier molecular flexibility index (Phi) is 4.61. The summed E-state index contributed by atoms with van der Waals surface area (Å²) < 4.78 is 0. The van der Waals surface area contributed by atoms with Crippen LogP contribution in [0.4, 0.5) is 0 Å². The number of aryl methyl sites for hydroxylation is 2. The monoisotopic (exact) mass is 231 g/mol. The molecule has 1 nitrogen and oxygen atoms in total. The lowest BCUT2D eigenvalue weighted by atomic mass is 9.94. The molecule has 1 aromatic carbocycles. The number of hydrogen-bond acceptors (Lipinski definition) is 1. The second-order valence-electron chi connectivity index (χ2n) is 5.61. The average molecular weight is 231 g/mol. The topological polar surface area (TPSA) is 26.0 Å². The van der Waals surface area contributed by atoms with E-state index < -0.39 is 0 Å². The van der Waals surface area contributed by atoms with Gasteiger partial charge in [-0.25, -0.2) is 0 Å². The van der Waals surface area contributed by atoms with Crippen LogP contribution in [-0.4, -0.2) is 6.04 Å². The Morgan fingerprint density at radius 2 is 1.94 bits per heavy atom. The van der Waals surface area contributed by atoms with Crippen LogP contribution in [0.25, 0.3) is 0 Å². The van der Waals surface area contributed by atoms with Gasteiger partial charge in [0, 0.05) is 6.04 Å². The van der Waals surface area contributed by atoms with Crippen molar-refractivity contribution >= 4 is 0 Å². The van der Waals surface area contributed by atoms with Gasteiger partial charge in [0.2, 0.25) is 0 Å². The standard InChI is InChI=1S/C16H25N/c1-13-6-2-5-9-15(13)10-11-16(17)12-14-7-3-4-8-14/h2,5-6,9,14,16H,3-4,7-8,10-12,17H2,1H3. The van der Waals surface area contributed by atoms with Crippen molar-refractivity contribution in [3.05, 3.63) is 35.4 Å². The predicted molar refractivity (Wildman–Crippen MR) is 74.1 cm³/mol. The summed E-state index contributed by atoms with van der Waals surface area (Å²) in [5.41, 5.74) is 9.12. The molecule has 2 N–H and O–H groups in total. The van der Waals surface area contributed by atoms with Gasteiger partial charge in [-0.05, 0) is 43.2 Å². The van der Waals surface area contributed by atoms with Crippen LogP contribution in [0.3, 0.4) is 0 Å². The summed E-state index contributed by atoms with van der Waals surface area (Å²) in [4.78, 5) is 0. The third-order valence-corrected chi connectivity index (χ3v) is 4.16.